The van der Waals surface area contributed by atoms with Crippen molar-refractivity contribution >= 4 is 52.3 Å². The Morgan fingerprint density at radius 3 is 2.33 bits per heavy atom. The van der Waals surface area contributed by atoms with Gasteiger partial charge in [-0.2, -0.15) is 13.2 Å². The van der Waals surface area contributed by atoms with Crippen LogP contribution in [-0.2, 0) is 11.0 Å². The lowest BCUT2D eigenvalue weighted by molar-refractivity contribution is -0.384. The monoisotopic (exact) mass is 498 g/mol. The molecule has 0 saturated carbocycles. The van der Waals surface area contributed by atoms with Gasteiger partial charge in [0.15, 0.2) is 5.11 Å². The number of nitro benzene ring substituents is 1. The van der Waals surface area contributed by atoms with Gasteiger partial charge < -0.3 is 9.80 Å². The Morgan fingerprint density at radius 1 is 1.12 bits per heavy atom. The van der Waals surface area contributed by atoms with Crippen LogP contribution in [0.25, 0.3) is 6.08 Å². The molecule has 12 heteroatoms. The average Bonchev–Trinajstić information content (AvgIpc) is 2.77. The molecule has 1 aliphatic rings. The van der Waals surface area contributed by atoms with Crippen molar-refractivity contribution in [2.45, 2.75) is 6.18 Å². The lowest BCUT2D eigenvalue weighted by Gasteiger charge is -2.36. The van der Waals surface area contributed by atoms with Gasteiger partial charge in [-0.05, 0) is 48.1 Å². The molecule has 0 radical (unpaired) electrons. The second-order valence-electron chi connectivity index (χ2n) is 7.11. The number of rotatable bonds is 4. The third kappa shape index (κ3) is 6.42. The first-order chi connectivity index (χ1) is 15.5. The summed E-state index contributed by atoms with van der Waals surface area (Å²) in [5, 5.41) is 14.7. The predicted octanol–water partition coefficient (Wildman–Crippen LogP) is 4.50. The molecule has 0 unspecified atom stereocenters. The molecule has 1 N–H and O–H groups in total. The Morgan fingerprint density at radius 2 is 1.76 bits per heavy atom. The highest BCUT2D eigenvalue weighted by Crippen LogP contribution is 2.36. The molecule has 0 spiro atoms. The topological polar surface area (TPSA) is 78.7 Å². The maximum absolute atomic E-state index is 12.9. The number of amides is 1. The molecule has 0 atom stereocenters. The van der Waals surface area contributed by atoms with Gasteiger partial charge in [-0.3, -0.25) is 20.2 Å². The van der Waals surface area contributed by atoms with Gasteiger partial charge in [0.2, 0.25) is 5.91 Å². The Bertz CT molecular complexity index is 1090. The van der Waals surface area contributed by atoms with Crippen molar-refractivity contribution in [2.24, 2.45) is 0 Å². The molecule has 1 amide bonds. The summed E-state index contributed by atoms with van der Waals surface area (Å²) in [5.41, 5.74) is -0.797. The fourth-order valence-corrected chi connectivity index (χ4v) is 3.64. The van der Waals surface area contributed by atoms with Crippen molar-refractivity contribution in [2.75, 3.05) is 31.1 Å². The lowest BCUT2D eigenvalue weighted by atomic mass is 10.1. The number of halogens is 4. The second-order valence-corrected chi connectivity index (χ2v) is 7.93. The van der Waals surface area contributed by atoms with Crippen molar-refractivity contribution in [3.8, 4) is 0 Å². The van der Waals surface area contributed by atoms with Crippen LogP contribution in [0, 0.1) is 10.1 Å². The maximum atomic E-state index is 12.9. The van der Waals surface area contributed by atoms with Crippen molar-refractivity contribution in [3.05, 3.63) is 74.8 Å². The van der Waals surface area contributed by atoms with Crippen LogP contribution in [0.1, 0.15) is 11.1 Å². The van der Waals surface area contributed by atoms with E-state index >= 15 is 0 Å². The molecule has 1 fully saturated rings. The number of hydrogen-bond acceptors (Lipinski definition) is 5. The van der Waals surface area contributed by atoms with Crippen LogP contribution in [0.3, 0.4) is 0 Å². The predicted molar refractivity (Wildman–Crippen MR) is 123 cm³/mol. The molecule has 2 aromatic rings. The van der Waals surface area contributed by atoms with Gasteiger partial charge in [0.05, 0.1) is 10.5 Å². The Labute approximate surface area is 197 Å². The number of nitro groups is 1. The van der Waals surface area contributed by atoms with Crippen LogP contribution in [0.2, 0.25) is 5.02 Å². The van der Waals surface area contributed by atoms with Crippen molar-refractivity contribution in [1.82, 2.24) is 10.2 Å². The molecule has 33 heavy (non-hydrogen) atoms. The maximum Gasteiger partial charge on any atom is 0.416 e. The number of benzene rings is 2. The second kappa shape index (κ2) is 10.2. The number of piperazine rings is 1. The summed E-state index contributed by atoms with van der Waals surface area (Å²) >= 11 is 11.1. The number of anilines is 1. The van der Waals surface area contributed by atoms with Gasteiger partial charge in [0.1, 0.15) is 5.69 Å². The summed E-state index contributed by atoms with van der Waals surface area (Å²) < 4.78 is 38.7. The lowest BCUT2D eigenvalue weighted by Crippen LogP contribution is -2.52. The van der Waals surface area contributed by atoms with E-state index in [2.05, 4.69) is 5.32 Å². The molecular weight excluding hydrogens is 481 g/mol. The zero-order valence-electron chi connectivity index (χ0n) is 17.0. The largest absolute Gasteiger partial charge is 0.416 e. The fourth-order valence-electron chi connectivity index (χ4n) is 3.24. The third-order valence-electron chi connectivity index (χ3n) is 4.93. The van der Waals surface area contributed by atoms with Crippen LogP contribution in [0.4, 0.5) is 24.5 Å². The Hall–Kier alpha value is -3.18. The standard InChI is InChI=1S/C21H18ClF3N4O3S/c22-16-5-1-14(2-6-16)3-8-19(30)26-20(33)28-11-9-27(10-12-28)17-7-4-15(21(23,24)25)13-18(17)29(31)32/h1-8,13H,9-12H2,(H,26,30,33)/b8-3+. The Kier molecular flexibility index (Phi) is 7.54. The van der Waals surface area contributed by atoms with E-state index in [0.29, 0.717) is 24.2 Å². The number of nitrogens with zero attached hydrogens (tertiary/aromatic N) is 3. The highest BCUT2D eigenvalue weighted by molar-refractivity contribution is 7.80. The van der Waals surface area contributed by atoms with E-state index in [1.807, 2.05) is 0 Å². The summed E-state index contributed by atoms with van der Waals surface area (Å²) in [7, 11) is 0. The zero-order chi connectivity index (χ0) is 24.2. The highest BCUT2D eigenvalue weighted by Gasteiger charge is 2.34. The van der Waals surface area contributed by atoms with E-state index in [1.54, 1.807) is 40.1 Å². The van der Waals surface area contributed by atoms with Crippen molar-refractivity contribution in [1.29, 1.82) is 0 Å². The molecule has 7 nitrogen and oxygen atoms in total. The number of thiocarbonyl (C=S) groups is 1. The minimum absolute atomic E-state index is 0.105. The number of nitrogens with one attached hydrogen (secondary N) is 1. The molecule has 174 valence electrons. The number of hydrogen-bond donors (Lipinski definition) is 1. The summed E-state index contributed by atoms with van der Waals surface area (Å²) in [6.07, 6.45) is -1.73. The molecule has 1 aliphatic heterocycles. The summed E-state index contributed by atoms with van der Waals surface area (Å²) in [6.45, 7) is 1.22. The van der Waals surface area contributed by atoms with Crippen LogP contribution in [0.15, 0.2) is 48.5 Å². The molecular formula is C21H18ClF3N4O3S. The number of alkyl halides is 3. The summed E-state index contributed by atoms with van der Waals surface area (Å²) in [6, 6.07) is 9.38. The molecule has 0 bridgehead atoms. The van der Waals surface area contributed by atoms with Crippen LogP contribution < -0.4 is 10.2 Å². The van der Waals surface area contributed by atoms with Gasteiger partial charge in [0, 0.05) is 43.3 Å². The van der Waals surface area contributed by atoms with Crippen LogP contribution >= 0.6 is 23.8 Å². The zero-order valence-corrected chi connectivity index (χ0v) is 18.6. The van der Waals surface area contributed by atoms with E-state index in [0.717, 1.165) is 17.7 Å². The molecule has 3 rings (SSSR count). The molecule has 0 aliphatic carbocycles. The van der Waals surface area contributed by atoms with Gasteiger partial charge in [0.25, 0.3) is 5.69 Å². The highest BCUT2D eigenvalue weighted by atomic mass is 35.5. The van der Waals surface area contributed by atoms with Crippen LogP contribution in [-0.4, -0.2) is 47.0 Å². The Balaban J connectivity index is 1.59. The third-order valence-corrected chi connectivity index (χ3v) is 5.55. The average molecular weight is 499 g/mol. The summed E-state index contributed by atoms with van der Waals surface area (Å²) in [4.78, 5) is 26.0. The first-order valence-corrected chi connectivity index (χ1v) is 10.5. The van der Waals surface area contributed by atoms with E-state index in [1.165, 1.54) is 6.08 Å². The first kappa shape index (κ1) is 24.5. The minimum Gasteiger partial charge on any atom is -0.362 e. The number of carbonyl (C=O) groups is 1. The molecule has 1 saturated heterocycles. The van der Waals surface area contributed by atoms with Gasteiger partial charge in [-0.1, -0.05) is 23.7 Å². The van der Waals surface area contributed by atoms with E-state index in [-0.39, 0.29) is 23.9 Å². The van der Waals surface area contributed by atoms with Crippen molar-refractivity contribution in [3.63, 3.8) is 0 Å². The molecule has 2 aromatic carbocycles. The number of carbonyl (C=O) groups excluding carboxylic acids is 1. The first-order valence-electron chi connectivity index (χ1n) is 9.69. The molecule has 0 aromatic heterocycles. The van der Waals surface area contributed by atoms with Gasteiger partial charge in [-0.15, -0.1) is 0 Å². The van der Waals surface area contributed by atoms with Gasteiger partial charge >= 0.3 is 6.18 Å². The fraction of sp³-hybridized carbons (Fsp3) is 0.238. The van der Waals surface area contributed by atoms with E-state index in [4.69, 9.17) is 23.8 Å². The van der Waals surface area contributed by atoms with Crippen LogP contribution in [0.5, 0.6) is 0 Å². The smallest absolute Gasteiger partial charge is 0.362 e. The SMILES string of the molecule is O=C(/C=C/c1ccc(Cl)cc1)NC(=S)N1CCN(c2ccc(C(F)(F)F)cc2[N+](=O)[O-])CC1. The molecule has 1 heterocycles. The normalized spacial score (nSPS) is 14.4. The quantitative estimate of drug-likeness (QED) is 0.289. The van der Waals surface area contributed by atoms with Crippen molar-refractivity contribution < 1.29 is 22.9 Å². The van der Waals surface area contributed by atoms with E-state index in [9.17, 15) is 28.1 Å². The minimum atomic E-state index is -4.67. The van der Waals surface area contributed by atoms with E-state index < -0.39 is 28.3 Å². The summed E-state index contributed by atoms with van der Waals surface area (Å²) in [5.74, 6) is -0.421. The van der Waals surface area contributed by atoms with Gasteiger partial charge in [-0.25, -0.2) is 0 Å².